The lowest BCUT2D eigenvalue weighted by molar-refractivity contribution is -0.148. The maximum absolute atomic E-state index is 13.3. The molecule has 2 N–H and O–H groups in total. The number of hydrogen-bond acceptors (Lipinski definition) is 8. The molecule has 48 heavy (non-hydrogen) atoms. The fourth-order valence-electron chi connectivity index (χ4n) is 5.49. The summed E-state index contributed by atoms with van der Waals surface area (Å²) in [7, 11) is 0. The van der Waals surface area contributed by atoms with Gasteiger partial charge in [0.05, 0.1) is 24.5 Å². The topological polar surface area (TPSA) is 137 Å². The first-order chi connectivity index (χ1) is 22.7. The number of ether oxygens (including phenoxy) is 3. The van der Waals surface area contributed by atoms with Crippen molar-refractivity contribution >= 4 is 29.6 Å². The van der Waals surface area contributed by atoms with E-state index in [1.807, 2.05) is 10.7 Å². The van der Waals surface area contributed by atoms with Crippen molar-refractivity contribution in [3.8, 4) is 11.5 Å². The first-order valence-electron chi connectivity index (χ1n) is 16.2. The largest absolute Gasteiger partial charge is 0.464 e. The van der Waals surface area contributed by atoms with Crippen molar-refractivity contribution in [2.75, 3.05) is 17.2 Å². The molecule has 12 heteroatoms. The van der Waals surface area contributed by atoms with Crippen LogP contribution in [0.25, 0.3) is 0 Å². The zero-order chi connectivity index (χ0) is 34.6. The van der Waals surface area contributed by atoms with Gasteiger partial charge in [-0.05, 0) is 75.9 Å². The average molecular weight is 657 g/mol. The number of pyridine rings is 1. The van der Waals surface area contributed by atoms with Gasteiger partial charge in [-0.2, -0.15) is 5.10 Å². The molecule has 5 rings (SSSR count). The third kappa shape index (κ3) is 8.41. The van der Waals surface area contributed by atoms with Gasteiger partial charge >= 0.3 is 18.1 Å². The van der Waals surface area contributed by atoms with Gasteiger partial charge in [-0.15, -0.1) is 0 Å². The van der Waals surface area contributed by atoms with Gasteiger partial charge in [-0.3, -0.25) is 15.2 Å². The Kier molecular flexibility index (Phi) is 9.92. The summed E-state index contributed by atoms with van der Waals surface area (Å²) in [5.41, 5.74) is 2.23. The molecule has 0 fully saturated rings. The zero-order valence-corrected chi connectivity index (χ0v) is 28.6. The Morgan fingerprint density at radius 3 is 2.44 bits per heavy atom. The number of rotatable bonds is 7. The summed E-state index contributed by atoms with van der Waals surface area (Å²) < 4.78 is 18.6. The molecule has 2 unspecified atom stereocenters. The van der Waals surface area contributed by atoms with Gasteiger partial charge in [-0.1, -0.05) is 32.9 Å². The molecule has 0 spiro atoms. The van der Waals surface area contributed by atoms with Crippen molar-refractivity contribution in [1.29, 1.82) is 0 Å². The van der Waals surface area contributed by atoms with E-state index >= 15 is 0 Å². The van der Waals surface area contributed by atoms with Gasteiger partial charge in [-0.25, -0.2) is 19.1 Å². The zero-order valence-electron chi connectivity index (χ0n) is 28.6. The van der Waals surface area contributed by atoms with Crippen LogP contribution in [0.4, 0.5) is 21.1 Å². The Morgan fingerprint density at radius 1 is 0.979 bits per heavy atom. The molecule has 1 aliphatic heterocycles. The molecule has 0 radical (unpaired) electrons. The highest BCUT2D eigenvalue weighted by Gasteiger charge is 2.39. The molecule has 3 heterocycles. The van der Waals surface area contributed by atoms with E-state index in [2.05, 4.69) is 42.5 Å². The van der Waals surface area contributed by atoms with Crippen LogP contribution in [0.5, 0.6) is 11.5 Å². The van der Waals surface area contributed by atoms with E-state index in [0.29, 0.717) is 35.8 Å². The highest BCUT2D eigenvalue weighted by Crippen LogP contribution is 2.40. The minimum absolute atomic E-state index is 0.192. The first kappa shape index (κ1) is 34.2. The number of nitrogens with zero attached hydrogens (tertiary/aromatic N) is 4. The van der Waals surface area contributed by atoms with Crippen LogP contribution in [0.15, 0.2) is 78.3 Å². The van der Waals surface area contributed by atoms with E-state index in [1.165, 1.54) is 4.90 Å². The Labute approximate surface area is 281 Å². The van der Waals surface area contributed by atoms with E-state index in [4.69, 9.17) is 19.3 Å². The van der Waals surface area contributed by atoms with Crippen LogP contribution in [0.3, 0.4) is 0 Å². The lowest BCUT2D eigenvalue weighted by atomic mass is 9.84. The molecule has 3 aromatic rings. The Bertz CT molecular complexity index is 1720. The maximum Gasteiger partial charge on any atom is 0.415 e. The highest BCUT2D eigenvalue weighted by molar-refractivity contribution is 5.99. The third-order valence-electron chi connectivity index (χ3n) is 7.74. The summed E-state index contributed by atoms with van der Waals surface area (Å²) in [6.07, 6.45) is 8.03. The summed E-state index contributed by atoms with van der Waals surface area (Å²) in [5, 5.41) is 10.8. The van der Waals surface area contributed by atoms with Crippen molar-refractivity contribution < 1.29 is 28.6 Å². The summed E-state index contributed by atoms with van der Waals surface area (Å²) in [5.74, 6) is 1.17. The van der Waals surface area contributed by atoms with Crippen LogP contribution in [0, 0.1) is 0 Å². The number of esters is 1. The van der Waals surface area contributed by atoms with E-state index in [0.717, 1.165) is 16.8 Å². The molecule has 0 saturated carbocycles. The number of hydrogen-bond donors (Lipinski definition) is 2. The molecule has 2 aromatic heterocycles. The molecule has 2 atom stereocenters. The number of amides is 3. The second-order valence-electron chi connectivity index (χ2n) is 13.8. The SMILES string of the molecule is CCOC(=O)C1CC2=CC(n3nc(C(C)(C)C)cc3NC(=O)Nc3cccc(Oc4cccnc4)c3)CCC2=CN1C(=O)OC(C)(C)C. The first-order valence-corrected chi connectivity index (χ1v) is 16.2. The predicted octanol–water partition coefficient (Wildman–Crippen LogP) is 7.73. The summed E-state index contributed by atoms with van der Waals surface area (Å²) in [4.78, 5) is 44.9. The van der Waals surface area contributed by atoms with Gasteiger partial charge in [0.2, 0.25) is 0 Å². The second kappa shape index (κ2) is 13.9. The van der Waals surface area contributed by atoms with Crippen LogP contribution < -0.4 is 15.4 Å². The van der Waals surface area contributed by atoms with Crippen LogP contribution in [-0.2, 0) is 19.7 Å². The monoisotopic (exact) mass is 656 g/mol. The lowest BCUT2D eigenvalue weighted by Crippen LogP contribution is -2.47. The number of urea groups is 1. The van der Waals surface area contributed by atoms with Crippen molar-refractivity contribution in [1.82, 2.24) is 19.7 Å². The van der Waals surface area contributed by atoms with Gasteiger partial charge in [0.15, 0.2) is 0 Å². The van der Waals surface area contributed by atoms with E-state index < -0.39 is 29.7 Å². The minimum Gasteiger partial charge on any atom is -0.464 e. The van der Waals surface area contributed by atoms with Gasteiger partial charge < -0.3 is 19.5 Å². The lowest BCUT2D eigenvalue weighted by Gasteiger charge is -2.37. The minimum atomic E-state index is -0.863. The van der Waals surface area contributed by atoms with E-state index in [1.54, 1.807) is 82.7 Å². The number of carbonyl (C=O) groups excluding carboxylic acids is 3. The van der Waals surface area contributed by atoms with Crippen LogP contribution in [-0.4, -0.2) is 56.0 Å². The maximum atomic E-state index is 13.3. The predicted molar refractivity (Wildman–Crippen MR) is 182 cm³/mol. The van der Waals surface area contributed by atoms with E-state index in [-0.39, 0.29) is 24.5 Å². The normalized spacial score (nSPS) is 17.8. The highest BCUT2D eigenvalue weighted by atomic mass is 16.6. The molecule has 0 bridgehead atoms. The molecule has 0 saturated heterocycles. The molecular weight excluding hydrogens is 612 g/mol. The number of carbonyl (C=O) groups is 3. The van der Waals surface area contributed by atoms with Crippen LogP contribution >= 0.6 is 0 Å². The quantitative estimate of drug-likeness (QED) is 0.247. The van der Waals surface area contributed by atoms with Crippen molar-refractivity contribution in [3.63, 3.8) is 0 Å². The van der Waals surface area contributed by atoms with Crippen molar-refractivity contribution in [3.05, 3.63) is 84.0 Å². The number of fused-ring (bicyclic) bond motifs is 1. The Morgan fingerprint density at radius 2 is 1.75 bits per heavy atom. The molecular formula is C36H44N6O6. The Balaban J connectivity index is 1.39. The summed E-state index contributed by atoms with van der Waals surface area (Å²) >= 11 is 0. The summed E-state index contributed by atoms with van der Waals surface area (Å²) in [6.45, 7) is 13.5. The standard InChI is InChI=1S/C36H44N6O6/c1-8-46-32(43)29-18-24-17-26(15-14-23(24)22-41(29)34(45)48-36(5,6)7)42-31(20-30(40-42)35(2,3)4)39-33(44)38-25-11-9-12-27(19-25)47-28-13-10-16-37-21-28/h9-13,16-17,19-22,26,29H,8,14-15,18H2,1-7H3,(H2,38,39,44). The summed E-state index contributed by atoms with van der Waals surface area (Å²) in [6, 6.07) is 11.0. The fraction of sp³-hybridized carbons (Fsp3) is 0.417. The smallest absolute Gasteiger partial charge is 0.415 e. The van der Waals surface area contributed by atoms with Crippen molar-refractivity contribution in [2.45, 2.75) is 90.8 Å². The molecule has 1 aliphatic carbocycles. The number of nitrogens with one attached hydrogen (secondary N) is 2. The number of allylic oxidation sites excluding steroid dienone is 2. The number of anilines is 2. The molecule has 12 nitrogen and oxygen atoms in total. The molecule has 254 valence electrons. The van der Waals surface area contributed by atoms with Gasteiger partial charge in [0, 0.05) is 42.1 Å². The van der Waals surface area contributed by atoms with Crippen LogP contribution in [0.2, 0.25) is 0 Å². The second-order valence-corrected chi connectivity index (χ2v) is 13.8. The molecule has 1 aromatic carbocycles. The fourth-order valence-corrected chi connectivity index (χ4v) is 5.49. The van der Waals surface area contributed by atoms with Gasteiger partial charge in [0.1, 0.15) is 29.0 Å². The molecule has 2 aliphatic rings. The number of benzene rings is 1. The molecule has 3 amide bonds. The average Bonchev–Trinajstić information content (AvgIpc) is 3.44. The third-order valence-corrected chi connectivity index (χ3v) is 7.74. The van der Waals surface area contributed by atoms with E-state index in [9.17, 15) is 14.4 Å². The van der Waals surface area contributed by atoms with Crippen molar-refractivity contribution in [2.24, 2.45) is 0 Å². The van der Waals surface area contributed by atoms with Gasteiger partial charge in [0.25, 0.3) is 0 Å². The Hall–Kier alpha value is -5.13. The number of aromatic nitrogens is 3. The van der Waals surface area contributed by atoms with Crippen LogP contribution in [0.1, 0.15) is 79.5 Å².